The number of alkyl halides is 6. The Morgan fingerprint density at radius 2 is 1.12 bits per heavy atom. The first kappa shape index (κ1) is 19.5. The summed E-state index contributed by atoms with van der Waals surface area (Å²) in [4.78, 5) is 0. The van der Waals surface area contributed by atoms with Gasteiger partial charge in [0.25, 0.3) is 0 Å². The van der Waals surface area contributed by atoms with E-state index < -0.39 is 24.2 Å². The normalized spacial score (nSPS) is 11.8. The molecular weight excluding hydrogens is 370 g/mol. The monoisotopic (exact) mass is 382 g/mol. The fourth-order valence-corrected chi connectivity index (χ4v) is 2.25. The van der Waals surface area contributed by atoms with Gasteiger partial charge in [-0.25, -0.2) is 0 Å². The average Bonchev–Trinajstić information content (AvgIpc) is 2.53. The number of methoxy groups -OCH3 is 2. The van der Waals surface area contributed by atoms with Crippen LogP contribution in [0.15, 0.2) is 36.4 Å². The second kappa shape index (κ2) is 7.22. The molecule has 26 heavy (non-hydrogen) atoms. The van der Waals surface area contributed by atoms with Crippen molar-refractivity contribution in [1.82, 2.24) is 0 Å². The largest absolute Gasteiger partial charge is 0.573 e. The van der Waals surface area contributed by atoms with E-state index in [1.54, 1.807) is 0 Å². The van der Waals surface area contributed by atoms with Crippen LogP contribution in [-0.4, -0.2) is 26.9 Å². The highest BCUT2D eigenvalue weighted by atomic mass is 19.4. The molecule has 0 aliphatic rings. The third-order valence-corrected chi connectivity index (χ3v) is 3.12. The molecule has 0 saturated carbocycles. The predicted octanol–water partition coefficient (Wildman–Crippen LogP) is 5.17. The zero-order valence-electron chi connectivity index (χ0n) is 13.4. The molecule has 0 fully saturated rings. The minimum absolute atomic E-state index is 0.0196. The summed E-state index contributed by atoms with van der Waals surface area (Å²) in [6, 6.07) is 7.20. The van der Waals surface area contributed by atoms with Crippen LogP contribution in [0.5, 0.6) is 23.0 Å². The van der Waals surface area contributed by atoms with E-state index in [4.69, 9.17) is 9.47 Å². The molecule has 2 aromatic rings. The van der Waals surface area contributed by atoms with Crippen molar-refractivity contribution in [3.8, 4) is 34.1 Å². The van der Waals surface area contributed by atoms with E-state index in [0.29, 0.717) is 6.07 Å². The molecule has 0 atom stereocenters. The molecule has 4 nitrogen and oxygen atoms in total. The van der Waals surface area contributed by atoms with Crippen LogP contribution in [0.4, 0.5) is 26.3 Å². The smallest absolute Gasteiger partial charge is 0.493 e. The molecule has 2 aromatic carbocycles. The molecule has 0 spiro atoms. The van der Waals surface area contributed by atoms with Crippen LogP contribution in [0.25, 0.3) is 11.1 Å². The number of para-hydroxylation sites is 2. The van der Waals surface area contributed by atoms with Crippen molar-refractivity contribution in [3.63, 3.8) is 0 Å². The highest BCUT2D eigenvalue weighted by molar-refractivity contribution is 5.80. The lowest BCUT2D eigenvalue weighted by Gasteiger charge is -2.20. The van der Waals surface area contributed by atoms with E-state index in [2.05, 4.69) is 9.47 Å². The number of halogens is 6. The lowest BCUT2D eigenvalue weighted by molar-refractivity contribution is -0.287. The predicted molar refractivity (Wildman–Crippen MR) is 78.3 cm³/mol. The molecule has 0 aliphatic heterocycles. The standard InChI is InChI=1S/C16H12F6O4/c1-23-11-7-3-5-9(13(11)24-2)10-6-4-8-12(25-15(17,18)19)14(10)26-16(20,21)22/h3-8H,1-2H3. The average molecular weight is 382 g/mol. The Hall–Kier alpha value is -2.78. The Balaban J connectivity index is 2.71. The van der Waals surface area contributed by atoms with Crippen LogP contribution < -0.4 is 18.9 Å². The summed E-state index contributed by atoms with van der Waals surface area (Å²) in [5.41, 5.74) is -0.293. The van der Waals surface area contributed by atoms with Crippen molar-refractivity contribution in [2.75, 3.05) is 14.2 Å². The molecule has 0 saturated heterocycles. The van der Waals surface area contributed by atoms with Gasteiger partial charge in [-0.2, -0.15) is 0 Å². The van der Waals surface area contributed by atoms with Gasteiger partial charge in [0.1, 0.15) is 0 Å². The van der Waals surface area contributed by atoms with Gasteiger partial charge in [-0.15, -0.1) is 26.3 Å². The molecule has 142 valence electrons. The Morgan fingerprint density at radius 1 is 0.615 bits per heavy atom. The summed E-state index contributed by atoms with van der Waals surface area (Å²) in [6.45, 7) is 0. The van der Waals surface area contributed by atoms with Crippen LogP contribution in [-0.2, 0) is 0 Å². The Kier molecular flexibility index (Phi) is 5.43. The number of ether oxygens (including phenoxy) is 4. The number of hydrogen-bond donors (Lipinski definition) is 0. The van der Waals surface area contributed by atoms with Crippen molar-refractivity contribution < 1.29 is 45.3 Å². The molecule has 0 unspecified atom stereocenters. The van der Waals surface area contributed by atoms with E-state index in [1.165, 1.54) is 32.4 Å². The quantitative estimate of drug-likeness (QED) is 0.669. The molecule has 0 radical (unpaired) electrons. The number of rotatable bonds is 5. The van der Waals surface area contributed by atoms with Crippen molar-refractivity contribution >= 4 is 0 Å². The van der Waals surface area contributed by atoms with Crippen molar-refractivity contribution in [2.24, 2.45) is 0 Å². The van der Waals surface area contributed by atoms with E-state index in [0.717, 1.165) is 12.1 Å². The van der Waals surface area contributed by atoms with Gasteiger partial charge in [0.2, 0.25) is 0 Å². The number of benzene rings is 2. The molecule has 0 aliphatic carbocycles. The van der Waals surface area contributed by atoms with Gasteiger partial charge in [0, 0.05) is 11.1 Å². The maximum absolute atomic E-state index is 12.8. The van der Waals surface area contributed by atoms with Crippen LogP contribution >= 0.6 is 0 Å². The Morgan fingerprint density at radius 3 is 1.58 bits per heavy atom. The SMILES string of the molecule is COc1cccc(-c2cccc(OC(F)(F)F)c2OC(F)(F)F)c1OC. The zero-order chi connectivity index (χ0) is 19.5. The minimum atomic E-state index is -5.24. The molecule has 0 N–H and O–H groups in total. The second-order valence-electron chi connectivity index (χ2n) is 4.77. The van der Waals surface area contributed by atoms with Crippen molar-refractivity contribution in [1.29, 1.82) is 0 Å². The van der Waals surface area contributed by atoms with Crippen LogP contribution in [0, 0.1) is 0 Å². The summed E-state index contributed by atoms with van der Waals surface area (Å²) in [5.74, 6) is -2.10. The Labute approximate surface area is 143 Å². The maximum atomic E-state index is 12.8. The van der Waals surface area contributed by atoms with E-state index in [9.17, 15) is 26.3 Å². The van der Waals surface area contributed by atoms with Gasteiger partial charge in [0.05, 0.1) is 14.2 Å². The molecule has 0 heterocycles. The van der Waals surface area contributed by atoms with Gasteiger partial charge in [-0.3, -0.25) is 0 Å². The molecular formula is C16H12F6O4. The third-order valence-electron chi connectivity index (χ3n) is 3.12. The molecule has 0 bridgehead atoms. The van der Waals surface area contributed by atoms with Crippen LogP contribution in [0.1, 0.15) is 0 Å². The van der Waals surface area contributed by atoms with E-state index >= 15 is 0 Å². The summed E-state index contributed by atoms with van der Waals surface area (Å²) >= 11 is 0. The van der Waals surface area contributed by atoms with Crippen LogP contribution in [0.3, 0.4) is 0 Å². The maximum Gasteiger partial charge on any atom is 0.573 e. The van der Waals surface area contributed by atoms with Crippen molar-refractivity contribution in [3.05, 3.63) is 36.4 Å². The third kappa shape index (κ3) is 4.64. The summed E-state index contributed by atoms with van der Waals surface area (Å²) in [7, 11) is 2.54. The Bertz CT molecular complexity index is 770. The fraction of sp³-hybridized carbons (Fsp3) is 0.250. The van der Waals surface area contributed by atoms with Gasteiger partial charge in [-0.1, -0.05) is 24.3 Å². The molecule has 10 heteroatoms. The molecule has 0 amide bonds. The first-order valence-corrected chi connectivity index (χ1v) is 6.91. The molecule has 0 aromatic heterocycles. The van der Waals surface area contributed by atoms with Gasteiger partial charge >= 0.3 is 12.7 Å². The van der Waals surface area contributed by atoms with Crippen molar-refractivity contribution in [2.45, 2.75) is 12.7 Å². The first-order chi connectivity index (χ1) is 12.1. The van der Waals surface area contributed by atoms with Gasteiger partial charge < -0.3 is 18.9 Å². The second-order valence-corrected chi connectivity index (χ2v) is 4.77. The lowest BCUT2D eigenvalue weighted by atomic mass is 10.0. The molecule has 2 rings (SSSR count). The highest BCUT2D eigenvalue weighted by Gasteiger charge is 2.38. The fourth-order valence-electron chi connectivity index (χ4n) is 2.25. The topological polar surface area (TPSA) is 36.9 Å². The number of hydrogen-bond acceptors (Lipinski definition) is 4. The summed E-state index contributed by atoms with van der Waals surface area (Å²) in [6.07, 6.45) is -10.5. The summed E-state index contributed by atoms with van der Waals surface area (Å²) < 4.78 is 93.6. The van der Waals surface area contributed by atoms with Crippen LogP contribution in [0.2, 0.25) is 0 Å². The van der Waals surface area contributed by atoms with E-state index in [-0.39, 0.29) is 22.6 Å². The minimum Gasteiger partial charge on any atom is -0.493 e. The van der Waals surface area contributed by atoms with Gasteiger partial charge in [0.15, 0.2) is 23.0 Å². The zero-order valence-corrected chi connectivity index (χ0v) is 13.4. The highest BCUT2D eigenvalue weighted by Crippen LogP contribution is 2.47. The first-order valence-electron chi connectivity index (χ1n) is 6.91. The van der Waals surface area contributed by atoms with E-state index in [1.807, 2.05) is 0 Å². The summed E-state index contributed by atoms with van der Waals surface area (Å²) in [5, 5.41) is 0. The lowest BCUT2D eigenvalue weighted by Crippen LogP contribution is -2.21. The van der Waals surface area contributed by atoms with Gasteiger partial charge in [-0.05, 0) is 12.1 Å².